The average molecular weight is 370 g/mol. The van der Waals surface area contributed by atoms with Crippen molar-refractivity contribution in [2.24, 2.45) is 0 Å². The molecular formula is C20H20ClN3O2. The molecule has 2 aliphatic rings. The highest BCUT2D eigenvalue weighted by molar-refractivity contribution is 6.34. The van der Waals surface area contributed by atoms with Crippen molar-refractivity contribution >= 4 is 29.1 Å². The molecule has 5 nitrogen and oxygen atoms in total. The van der Waals surface area contributed by atoms with E-state index in [1.807, 2.05) is 17.0 Å². The number of rotatable bonds is 3. The van der Waals surface area contributed by atoms with Crippen LogP contribution in [-0.2, 0) is 4.79 Å². The Balaban J connectivity index is 1.63. The largest absolute Gasteiger partial charge is 0.332 e. The van der Waals surface area contributed by atoms with Crippen LogP contribution in [0.4, 0.5) is 5.69 Å². The Hall–Kier alpha value is -2.40. The molecule has 2 fully saturated rings. The number of carbonyl (C=O) groups is 2. The zero-order valence-electron chi connectivity index (χ0n) is 14.4. The van der Waals surface area contributed by atoms with Crippen LogP contribution in [0.25, 0.3) is 0 Å². The van der Waals surface area contributed by atoms with Gasteiger partial charge in [0.25, 0.3) is 5.91 Å². The van der Waals surface area contributed by atoms with Gasteiger partial charge in [-0.15, -0.1) is 0 Å². The Morgan fingerprint density at radius 1 is 1.12 bits per heavy atom. The minimum Gasteiger partial charge on any atom is -0.332 e. The lowest BCUT2D eigenvalue weighted by Gasteiger charge is -2.26. The summed E-state index contributed by atoms with van der Waals surface area (Å²) in [5.74, 6) is 0.0428. The fourth-order valence-corrected chi connectivity index (χ4v) is 4.08. The quantitative estimate of drug-likeness (QED) is 0.826. The molecule has 0 aliphatic carbocycles. The summed E-state index contributed by atoms with van der Waals surface area (Å²) in [7, 11) is 0. The minimum atomic E-state index is -0.0196. The number of aromatic nitrogens is 1. The maximum absolute atomic E-state index is 13.2. The lowest BCUT2D eigenvalue weighted by Crippen LogP contribution is -2.31. The van der Waals surface area contributed by atoms with Gasteiger partial charge in [-0.05, 0) is 55.2 Å². The SMILES string of the molecule is O=C1CCCN1c1cc(C(=O)N2CCC[C@@H]2c2ccncc2)ccc1Cl. The Bertz CT molecular complexity index is 840. The molecule has 3 heterocycles. The van der Waals surface area contributed by atoms with Crippen LogP contribution in [0.1, 0.15) is 47.6 Å². The van der Waals surface area contributed by atoms with Crippen LogP contribution in [0.3, 0.4) is 0 Å². The van der Waals surface area contributed by atoms with Gasteiger partial charge in [0.2, 0.25) is 5.91 Å². The molecule has 2 saturated heterocycles. The van der Waals surface area contributed by atoms with Crippen LogP contribution in [0.2, 0.25) is 5.02 Å². The van der Waals surface area contributed by atoms with Crippen molar-refractivity contribution in [2.45, 2.75) is 31.7 Å². The lowest BCUT2D eigenvalue weighted by atomic mass is 10.1. The van der Waals surface area contributed by atoms with Gasteiger partial charge in [0.15, 0.2) is 0 Å². The summed E-state index contributed by atoms with van der Waals surface area (Å²) in [6, 6.07) is 9.22. The van der Waals surface area contributed by atoms with Crippen molar-refractivity contribution in [3.05, 3.63) is 58.9 Å². The van der Waals surface area contributed by atoms with E-state index in [0.29, 0.717) is 29.2 Å². The zero-order valence-corrected chi connectivity index (χ0v) is 15.2. The highest BCUT2D eigenvalue weighted by atomic mass is 35.5. The van der Waals surface area contributed by atoms with Gasteiger partial charge in [-0.25, -0.2) is 0 Å². The molecule has 0 bridgehead atoms. The van der Waals surface area contributed by atoms with Crippen LogP contribution in [-0.4, -0.2) is 34.8 Å². The second-order valence-electron chi connectivity index (χ2n) is 6.75. The van der Waals surface area contributed by atoms with Crippen molar-refractivity contribution in [1.29, 1.82) is 0 Å². The molecule has 134 valence electrons. The van der Waals surface area contributed by atoms with E-state index in [-0.39, 0.29) is 17.9 Å². The van der Waals surface area contributed by atoms with E-state index in [1.54, 1.807) is 35.5 Å². The highest BCUT2D eigenvalue weighted by Crippen LogP contribution is 2.35. The first-order chi connectivity index (χ1) is 12.6. The molecule has 1 aromatic carbocycles. The van der Waals surface area contributed by atoms with E-state index in [0.717, 1.165) is 31.4 Å². The highest BCUT2D eigenvalue weighted by Gasteiger charge is 2.31. The number of amides is 2. The predicted molar refractivity (Wildman–Crippen MR) is 100 cm³/mol. The molecule has 0 radical (unpaired) electrons. The average Bonchev–Trinajstić information content (AvgIpc) is 3.31. The summed E-state index contributed by atoms with van der Waals surface area (Å²) in [5, 5.41) is 0.504. The first-order valence-corrected chi connectivity index (χ1v) is 9.34. The number of benzene rings is 1. The fraction of sp³-hybridized carbons (Fsp3) is 0.350. The Morgan fingerprint density at radius 2 is 1.92 bits per heavy atom. The molecule has 6 heteroatoms. The minimum absolute atomic E-state index is 0.0196. The van der Waals surface area contributed by atoms with Crippen LogP contribution >= 0.6 is 11.6 Å². The van der Waals surface area contributed by atoms with Gasteiger partial charge in [-0.1, -0.05) is 11.6 Å². The van der Waals surface area contributed by atoms with Gasteiger partial charge >= 0.3 is 0 Å². The van der Waals surface area contributed by atoms with Crippen molar-refractivity contribution in [3.8, 4) is 0 Å². The molecule has 2 amide bonds. The van der Waals surface area contributed by atoms with E-state index in [9.17, 15) is 9.59 Å². The first-order valence-electron chi connectivity index (χ1n) is 8.96. The molecule has 0 spiro atoms. The predicted octanol–water partition coefficient (Wildman–Crippen LogP) is 3.84. The number of nitrogens with zero attached hydrogens (tertiary/aromatic N) is 3. The summed E-state index contributed by atoms with van der Waals surface area (Å²) < 4.78 is 0. The van der Waals surface area contributed by atoms with E-state index >= 15 is 0 Å². The molecule has 26 heavy (non-hydrogen) atoms. The van der Waals surface area contributed by atoms with Gasteiger partial charge in [0.05, 0.1) is 16.8 Å². The monoisotopic (exact) mass is 369 g/mol. The van der Waals surface area contributed by atoms with Gasteiger partial charge in [-0.3, -0.25) is 14.6 Å². The van der Waals surface area contributed by atoms with Gasteiger partial charge < -0.3 is 9.80 Å². The molecule has 0 N–H and O–H groups in total. The molecule has 1 aromatic heterocycles. The Morgan fingerprint density at radius 3 is 2.65 bits per heavy atom. The number of carbonyl (C=O) groups excluding carboxylic acids is 2. The first kappa shape index (κ1) is 17.0. The molecule has 0 unspecified atom stereocenters. The second kappa shape index (κ2) is 7.08. The van der Waals surface area contributed by atoms with E-state index in [4.69, 9.17) is 11.6 Å². The maximum atomic E-state index is 13.2. The Labute approximate surface area is 157 Å². The van der Waals surface area contributed by atoms with E-state index in [2.05, 4.69) is 4.98 Å². The molecule has 1 atom stereocenters. The summed E-state index contributed by atoms with van der Waals surface area (Å²) in [5.41, 5.74) is 2.32. The molecule has 2 aliphatic heterocycles. The normalized spacial score (nSPS) is 20.0. The van der Waals surface area contributed by atoms with Gasteiger partial charge in [-0.2, -0.15) is 0 Å². The van der Waals surface area contributed by atoms with Crippen LogP contribution in [0, 0.1) is 0 Å². The molecule has 2 aromatic rings. The van der Waals surface area contributed by atoms with E-state index in [1.165, 1.54) is 0 Å². The molecule has 0 saturated carbocycles. The summed E-state index contributed by atoms with van der Waals surface area (Å²) >= 11 is 6.30. The van der Waals surface area contributed by atoms with Crippen molar-refractivity contribution < 1.29 is 9.59 Å². The lowest BCUT2D eigenvalue weighted by molar-refractivity contribution is -0.117. The van der Waals surface area contributed by atoms with Crippen molar-refractivity contribution in [1.82, 2.24) is 9.88 Å². The fourth-order valence-electron chi connectivity index (χ4n) is 3.86. The number of anilines is 1. The van der Waals surface area contributed by atoms with Crippen molar-refractivity contribution in [2.75, 3.05) is 18.0 Å². The third kappa shape index (κ3) is 3.07. The summed E-state index contributed by atoms with van der Waals surface area (Å²) in [6.07, 6.45) is 6.80. The standard InChI is InChI=1S/C20H20ClN3O2/c21-16-6-5-15(13-18(16)23-11-2-4-19(23)25)20(26)24-12-1-3-17(24)14-7-9-22-10-8-14/h5-10,13,17H,1-4,11-12H2/t17-/m1/s1. The summed E-state index contributed by atoms with van der Waals surface area (Å²) in [4.78, 5) is 32.9. The van der Waals surface area contributed by atoms with Crippen LogP contribution < -0.4 is 4.90 Å². The Kier molecular flexibility index (Phi) is 4.64. The van der Waals surface area contributed by atoms with E-state index < -0.39 is 0 Å². The van der Waals surface area contributed by atoms with Crippen LogP contribution in [0.5, 0.6) is 0 Å². The van der Waals surface area contributed by atoms with Crippen LogP contribution in [0.15, 0.2) is 42.7 Å². The smallest absolute Gasteiger partial charge is 0.254 e. The van der Waals surface area contributed by atoms with Crippen molar-refractivity contribution in [3.63, 3.8) is 0 Å². The number of likely N-dealkylation sites (tertiary alicyclic amines) is 1. The number of hydrogen-bond donors (Lipinski definition) is 0. The third-order valence-corrected chi connectivity index (χ3v) is 5.48. The topological polar surface area (TPSA) is 53.5 Å². The number of pyridine rings is 1. The second-order valence-corrected chi connectivity index (χ2v) is 7.16. The number of halogens is 1. The summed E-state index contributed by atoms with van der Waals surface area (Å²) in [6.45, 7) is 1.38. The number of hydrogen-bond acceptors (Lipinski definition) is 3. The molecule has 4 rings (SSSR count). The maximum Gasteiger partial charge on any atom is 0.254 e. The third-order valence-electron chi connectivity index (χ3n) is 5.16. The zero-order chi connectivity index (χ0) is 18.1. The molecular weight excluding hydrogens is 350 g/mol. The van der Waals surface area contributed by atoms with Gasteiger partial charge in [0, 0.05) is 37.5 Å². The van der Waals surface area contributed by atoms with Gasteiger partial charge in [0.1, 0.15) is 0 Å².